The summed E-state index contributed by atoms with van der Waals surface area (Å²) in [5, 5.41) is 9.12. The Balaban J connectivity index is 1.55. The quantitative estimate of drug-likeness (QED) is 0.260. The van der Waals surface area contributed by atoms with Crippen LogP contribution in [0, 0.1) is 11.3 Å². The fraction of sp³-hybridized carbons (Fsp3) is 0.188. The van der Waals surface area contributed by atoms with Crippen molar-refractivity contribution in [3.63, 3.8) is 0 Å². The van der Waals surface area contributed by atoms with Gasteiger partial charge in [0.25, 0.3) is 5.91 Å². The molecule has 0 unspecified atom stereocenters. The highest BCUT2D eigenvalue weighted by Crippen LogP contribution is 2.33. The Morgan fingerprint density at radius 1 is 0.833 bits per heavy atom. The number of hydrogen-bond acceptors (Lipinski definition) is 8. The lowest BCUT2D eigenvalue weighted by Crippen LogP contribution is -2.45. The second-order valence-electron chi connectivity index (χ2n) is 10.2. The van der Waals surface area contributed by atoms with Gasteiger partial charge in [0, 0.05) is 49.4 Å². The summed E-state index contributed by atoms with van der Waals surface area (Å²) in [7, 11) is -3.39. The first-order valence-electron chi connectivity index (χ1n) is 13.2. The number of nitrogens with zero attached hydrogens (tertiary/aromatic N) is 5. The van der Waals surface area contributed by atoms with Crippen LogP contribution in [0.2, 0.25) is 0 Å². The maximum Gasteiger partial charge on any atom is 0.256 e. The number of ketones is 1. The topological polar surface area (TPSA) is 133 Å². The molecule has 210 valence electrons. The van der Waals surface area contributed by atoms with Gasteiger partial charge in [-0.05, 0) is 65.2 Å². The van der Waals surface area contributed by atoms with Crippen LogP contribution in [0.5, 0.6) is 0 Å². The van der Waals surface area contributed by atoms with Crippen molar-refractivity contribution >= 4 is 27.4 Å². The molecular formula is C32H27N5O4S. The molecule has 9 nitrogen and oxygen atoms in total. The Hall–Kier alpha value is -5.01. The van der Waals surface area contributed by atoms with E-state index in [4.69, 9.17) is 10.3 Å². The highest BCUT2D eigenvalue weighted by Gasteiger charge is 2.48. The maximum absolute atomic E-state index is 14.4. The van der Waals surface area contributed by atoms with Gasteiger partial charge in [0.15, 0.2) is 15.6 Å². The van der Waals surface area contributed by atoms with Gasteiger partial charge in [0.1, 0.15) is 11.4 Å². The Morgan fingerprint density at radius 2 is 1.38 bits per heavy atom. The Kier molecular flexibility index (Phi) is 8.04. The summed E-state index contributed by atoms with van der Waals surface area (Å²) in [4.78, 5) is 42.7. The highest BCUT2D eigenvalue weighted by molar-refractivity contribution is 7.90. The number of carbonyl (C=O) groups is 2. The standard InChI is InChI=1S/C32H27N5O4S/c1-42(40,41)28-8-4-26(5-9-28)22-37-30(18-29(38)27-6-2-25(21-33)3-7-27)36-32(31(37)39,19-23-10-14-34-15-11-23)20-24-12-16-35-17-13-24/h2-17H,18-20,22H2,1H3. The number of carbonyl (C=O) groups excluding carboxylic acids is 2. The molecule has 3 heterocycles. The number of sulfone groups is 1. The molecule has 1 aliphatic heterocycles. The Labute approximate surface area is 244 Å². The number of amidine groups is 1. The summed E-state index contributed by atoms with van der Waals surface area (Å²) < 4.78 is 23.9. The predicted molar refractivity (Wildman–Crippen MR) is 156 cm³/mol. The summed E-state index contributed by atoms with van der Waals surface area (Å²) in [6, 6.07) is 22.1. The molecule has 0 aliphatic carbocycles. The van der Waals surface area contributed by atoms with E-state index < -0.39 is 15.4 Å². The van der Waals surface area contributed by atoms with Gasteiger partial charge in [-0.2, -0.15) is 5.26 Å². The third kappa shape index (κ3) is 6.32. The molecule has 0 N–H and O–H groups in total. The van der Waals surface area contributed by atoms with E-state index in [1.54, 1.807) is 61.2 Å². The smallest absolute Gasteiger partial charge is 0.256 e. The van der Waals surface area contributed by atoms with Crippen LogP contribution in [-0.2, 0) is 34.0 Å². The lowest BCUT2D eigenvalue weighted by atomic mass is 9.85. The van der Waals surface area contributed by atoms with E-state index in [-0.39, 0.29) is 42.4 Å². The van der Waals surface area contributed by atoms with Crippen LogP contribution < -0.4 is 0 Å². The van der Waals surface area contributed by atoms with Crippen LogP contribution in [0.3, 0.4) is 0 Å². The van der Waals surface area contributed by atoms with Crippen LogP contribution in [0.15, 0.2) is 107 Å². The summed E-state index contributed by atoms with van der Waals surface area (Å²) in [6.45, 7) is 0.108. The van der Waals surface area contributed by atoms with Crippen LogP contribution in [-0.4, -0.2) is 52.6 Å². The zero-order valence-corrected chi connectivity index (χ0v) is 23.7. The largest absolute Gasteiger partial charge is 0.294 e. The molecule has 42 heavy (non-hydrogen) atoms. The van der Waals surface area contributed by atoms with E-state index >= 15 is 0 Å². The molecule has 0 fully saturated rings. The first-order valence-corrected chi connectivity index (χ1v) is 15.1. The van der Waals surface area contributed by atoms with E-state index in [2.05, 4.69) is 9.97 Å². The molecule has 0 bridgehead atoms. The molecular weight excluding hydrogens is 550 g/mol. The molecule has 4 aromatic rings. The van der Waals surface area contributed by atoms with Gasteiger partial charge in [-0.3, -0.25) is 29.4 Å². The SMILES string of the molecule is CS(=O)(=O)c1ccc(CN2C(=O)C(Cc3ccncc3)(Cc3ccncc3)N=C2CC(=O)c2ccc(C#N)cc2)cc1. The summed E-state index contributed by atoms with van der Waals surface area (Å²) in [5.41, 5.74) is 2.05. The molecule has 5 rings (SSSR count). The number of amides is 1. The van der Waals surface area contributed by atoms with Gasteiger partial charge in [0.05, 0.1) is 29.5 Å². The normalized spacial score (nSPS) is 14.3. The van der Waals surface area contributed by atoms with Gasteiger partial charge in [0.2, 0.25) is 0 Å². The van der Waals surface area contributed by atoms with Crippen molar-refractivity contribution in [3.05, 3.63) is 125 Å². The number of aromatic nitrogens is 2. The third-order valence-corrected chi connectivity index (χ3v) is 8.27. The van der Waals surface area contributed by atoms with Crippen molar-refractivity contribution in [1.29, 1.82) is 5.26 Å². The molecule has 1 amide bonds. The summed E-state index contributed by atoms with van der Waals surface area (Å²) in [5.74, 6) is -0.178. The van der Waals surface area contributed by atoms with Crippen molar-refractivity contribution in [2.45, 2.75) is 36.2 Å². The molecule has 2 aromatic carbocycles. The maximum atomic E-state index is 14.4. The Bertz CT molecular complexity index is 1740. The lowest BCUT2D eigenvalue weighted by molar-refractivity contribution is -0.131. The molecule has 10 heteroatoms. The average molecular weight is 578 g/mol. The van der Waals surface area contributed by atoms with Crippen LogP contribution in [0.1, 0.15) is 39.0 Å². The zero-order chi connectivity index (χ0) is 29.7. The van der Waals surface area contributed by atoms with E-state index in [1.165, 1.54) is 17.0 Å². The van der Waals surface area contributed by atoms with E-state index in [9.17, 15) is 18.0 Å². The van der Waals surface area contributed by atoms with E-state index in [0.717, 1.165) is 17.4 Å². The number of rotatable bonds is 10. The monoisotopic (exact) mass is 577 g/mol. The number of pyridine rings is 2. The van der Waals surface area contributed by atoms with Crippen molar-refractivity contribution in [1.82, 2.24) is 14.9 Å². The summed E-state index contributed by atoms with van der Waals surface area (Å²) >= 11 is 0. The van der Waals surface area contributed by atoms with E-state index in [0.29, 0.717) is 22.5 Å². The fourth-order valence-corrected chi connectivity index (χ4v) is 5.62. The van der Waals surface area contributed by atoms with Crippen LogP contribution in [0.25, 0.3) is 0 Å². The van der Waals surface area contributed by atoms with Gasteiger partial charge in [-0.15, -0.1) is 0 Å². The predicted octanol–water partition coefficient (Wildman–Crippen LogP) is 3.99. The minimum absolute atomic E-state index is 0.108. The van der Waals surface area contributed by atoms with Crippen LogP contribution >= 0.6 is 0 Å². The molecule has 0 saturated carbocycles. The minimum Gasteiger partial charge on any atom is -0.294 e. The first kappa shape index (κ1) is 28.5. The number of aliphatic imine (C=N–C) groups is 1. The van der Waals surface area contributed by atoms with Crippen LogP contribution in [0.4, 0.5) is 0 Å². The van der Waals surface area contributed by atoms with Crippen molar-refractivity contribution in [2.24, 2.45) is 4.99 Å². The van der Waals surface area contributed by atoms with Crippen molar-refractivity contribution in [3.8, 4) is 6.07 Å². The third-order valence-electron chi connectivity index (χ3n) is 7.14. The number of Topliss-reactive ketones (excluding diaryl/α,β-unsaturated/α-hetero) is 1. The molecule has 0 saturated heterocycles. The van der Waals surface area contributed by atoms with Crippen molar-refractivity contribution < 1.29 is 18.0 Å². The van der Waals surface area contributed by atoms with E-state index in [1.807, 2.05) is 30.3 Å². The molecule has 0 radical (unpaired) electrons. The fourth-order valence-electron chi connectivity index (χ4n) is 4.99. The number of hydrogen-bond donors (Lipinski definition) is 0. The van der Waals surface area contributed by atoms with Gasteiger partial charge in [-0.25, -0.2) is 8.42 Å². The molecule has 1 aliphatic rings. The zero-order valence-electron chi connectivity index (χ0n) is 22.8. The van der Waals surface area contributed by atoms with Crippen molar-refractivity contribution in [2.75, 3.05) is 6.26 Å². The minimum atomic E-state index is -3.39. The molecule has 2 aromatic heterocycles. The van der Waals surface area contributed by atoms with Gasteiger partial charge >= 0.3 is 0 Å². The average Bonchev–Trinajstić information content (AvgIpc) is 3.23. The summed E-state index contributed by atoms with van der Waals surface area (Å²) in [6.07, 6.45) is 8.23. The van der Waals surface area contributed by atoms with Gasteiger partial charge < -0.3 is 0 Å². The lowest BCUT2D eigenvalue weighted by Gasteiger charge is -2.27. The number of nitriles is 1. The molecule has 0 atom stereocenters. The highest BCUT2D eigenvalue weighted by atomic mass is 32.2. The molecule has 0 spiro atoms. The second-order valence-corrected chi connectivity index (χ2v) is 12.2. The second kappa shape index (κ2) is 11.8. The first-order chi connectivity index (χ1) is 20.2. The Morgan fingerprint density at radius 3 is 1.88 bits per heavy atom. The number of benzene rings is 2. The van der Waals surface area contributed by atoms with Gasteiger partial charge in [-0.1, -0.05) is 24.3 Å².